The van der Waals surface area contributed by atoms with E-state index in [0.29, 0.717) is 19.4 Å². The van der Waals surface area contributed by atoms with Gasteiger partial charge in [-0.2, -0.15) is 8.78 Å². The monoisotopic (exact) mass is 446 g/mol. The highest BCUT2D eigenvalue weighted by Crippen LogP contribution is 2.52. The second kappa shape index (κ2) is 7.58. The van der Waals surface area contributed by atoms with Gasteiger partial charge >= 0.3 is 5.76 Å². The van der Waals surface area contributed by atoms with Gasteiger partial charge < -0.3 is 5.32 Å². The Balaban J connectivity index is 1.65. The summed E-state index contributed by atoms with van der Waals surface area (Å²) in [4.78, 5) is 0. The van der Waals surface area contributed by atoms with Gasteiger partial charge in [-0.05, 0) is 54.7 Å². The van der Waals surface area contributed by atoms with Crippen LogP contribution < -0.4 is 10.0 Å². The lowest BCUT2D eigenvalue weighted by molar-refractivity contribution is 0.229. The van der Waals surface area contributed by atoms with Gasteiger partial charge in [-0.25, -0.2) is 26.3 Å². The highest BCUT2D eigenvalue weighted by atomic mass is 32.2. The van der Waals surface area contributed by atoms with Crippen LogP contribution in [0.5, 0.6) is 0 Å². The topological polar surface area (TPSA) is 58.2 Å². The Morgan fingerprint density at radius 1 is 1.10 bits per heavy atom. The molecule has 10 heteroatoms. The molecular weight excluding hydrogens is 427 g/mol. The number of rotatable bonds is 6. The van der Waals surface area contributed by atoms with Crippen LogP contribution in [0, 0.1) is 22.9 Å². The van der Waals surface area contributed by atoms with Gasteiger partial charge in [-0.1, -0.05) is 12.1 Å². The summed E-state index contributed by atoms with van der Waals surface area (Å²) in [5.41, 5.74) is -0.526. The Labute approximate surface area is 170 Å². The van der Waals surface area contributed by atoms with E-state index in [1.54, 1.807) is 0 Å². The highest BCUT2D eigenvalue weighted by molar-refractivity contribution is 7.89. The van der Waals surface area contributed by atoms with Gasteiger partial charge in [0.15, 0.2) is 0 Å². The fourth-order valence-corrected chi connectivity index (χ4v) is 5.03. The lowest BCUT2D eigenvalue weighted by atomic mass is 9.91. The van der Waals surface area contributed by atoms with Crippen LogP contribution in [-0.2, 0) is 16.4 Å². The summed E-state index contributed by atoms with van der Waals surface area (Å²) in [6.45, 7) is 0.391. The third-order valence-electron chi connectivity index (χ3n) is 5.88. The third kappa shape index (κ3) is 3.95. The fourth-order valence-electron chi connectivity index (χ4n) is 4.16. The Morgan fingerprint density at radius 3 is 2.47 bits per heavy atom. The number of alkyl halides is 2. The van der Waals surface area contributed by atoms with Crippen LogP contribution in [0.4, 0.5) is 22.0 Å². The molecule has 1 spiro atoms. The average molecular weight is 446 g/mol. The molecule has 2 aromatic carbocycles. The second-order valence-corrected chi connectivity index (χ2v) is 9.57. The molecular formula is C20H19F5N2O2S. The number of benzene rings is 2. The molecule has 1 aliphatic carbocycles. The standard InChI is InChI=1S/C20H19F5N2O2S/c21-13-3-1-2-11(6-13)15-9-14(22)7-12(17(15)23)8-16-18(20(4-5-20)10-26-16)27-30(28,29)19(24)25/h1-3,6-7,9,16,18-19,26-27H,4-5,8,10H2/t16-,18+/m0/s1. The molecule has 162 valence electrons. The summed E-state index contributed by atoms with van der Waals surface area (Å²) >= 11 is 0. The predicted molar refractivity (Wildman–Crippen MR) is 101 cm³/mol. The molecule has 0 radical (unpaired) electrons. The van der Waals surface area contributed by atoms with Gasteiger partial charge in [0.1, 0.15) is 17.5 Å². The van der Waals surface area contributed by atoms with E-state index < -0.39 is 50.7 Å². The molecule has 0 amide bonds. The molecule has 0 unspecified atom stereocenters. The van der Waals surface area contributed by atoms with Crippen LogP contribution in [-0.4, -0.2) is 32.8 Å². The zero-order valence-electron chi connectivity index (χ0n) is 15.6. The van der Waals surface area contributed by atoms with Crippen LogP contribution in [0.3, 0.4) is 0 Å². The Hall–Kier alpha value is -2.04. The van der Waals surface area contributed by atoms with E-state index in [0.717, 1.165) is 18.2 Å². The van der Waals surface area contributed by atoms with Crippen molar-refractivity contribution < 1.29 is 30.4 Å². The number of nitrogens with one attached hydrogen (secondary N) is 2. The van der Waals surface area contributed by atoms with E-state index in [2.05, 4.69) is 10.0 Å². The van der Waals surface area contributed by atoms with Gasteiger partial charge in [-0.15, -0.1) is 0 Å². The Bertz CT molecular complexity index is 1070. The first kappa shape index (κ1) is 21.2. The third-order valence-corrected chi connectivity index (χ3v) is 6.94. The van der Waals surface area contributed by atoms with Gasteiger partial charge in [0.25, 0.3) is 10.0 Å². The van der Waals surface area contributed by atoms with E-state index in [1.165, 1.54) is 18.2 Å². The second-order valence-electron chi connectivity index (χ2n) is 7.89. The average Bonchev–Trinajstić information content (AvgIpc) is 3.39. The Morgan fingerprint density at radius 2 is 1.83 bits per heavy atom. The van der Waals surface area contributed by atoms with Crippen LogP contribution in [0.1, 0.15) is 18.4 Å². The SMILES string of the molecule is O=S(=O)(N[C@@H]1[C@H](Cc2cc(F)cc(-c3cccc(F)c3)c2F)NCC12CC2)C(F)F. The van der Waals surface area contributed by atoms with E-state index in [9.17, 15) is 26.0 Å². The number of sulfonamides is 1. The summed E-state index contributed by atoms with van der Waals surface area (Å²) in [6.07, 6.45) is 1.17. The zero-order chi connectivity index (χ0) is 21.7. The Kier molecular flexibility index (Phi) is 5.36. The molecule has 0 bridgehead atoms. The summed E-state index contributed by atoms with van der Waals surface area (Å²) in [7, 11) is -4.84. The first-order valence-electron chi connectivity index (χ1n) is 9.38. The first-order valence-corrected chi connectivity index (χ1v) is 10.9. The van der Waals surface area contributed by atoms with E-state index in [4.69, 9.17) is 0 Å². The quantitative estimate of drug-likeness (QED) is 0.667. The minimum Gasteiger partial charge on any atom is -0.311 e. The van der Waals surface area contributed by atoms with E-state index in [-0.39, 0.29) is 23.1 Å². The van der Waals surface area contributed by atoms with Crippen LogP contribution in [0.25, 0.3) is 11.1 Å². The van der Waals surface area contributed by atoms with Crippen molar-refractivity contribution in [1.82, 2.24) is 10.0 Å². The molecule has 1 saturated heterocycles. The van der Waals surface area contributed by atoms with Crippen LogP contribution >= 0.6 is 0 Å². The molecule has 2 N–H and O–H groups in total. The summed E-state index contributed by atoms with van der Waals surface area (Å²) < 4.78 is 94.2. The van der Waals surface area contributed by atoms with Gasteiger partial charge in [-0.3, -0.25) is 0 Å². The maximum absolute atomic E-state index is 15.1. The first-order chi connectivity index (χ1) is 14.1. The van der Waals surface area contributed by atoms with Crippen molar-refractivity contribution in [1.29, 1.82) is 0 Å². The lowest BCUT2D eigenvalue weighted by Gasteiger charge is -2.25. The van der Waals surface area contributed by atoms with Crippen molar-refractivity contribution >= 4 is 10.0 Å². The van der Waals surface area contributed by atoms with Gasteiger partial charge in [0, 0.05) is 29.6 Å². The molecule has 1 heterocycles. The summed E-state index contributed by atoms with van der Waals surface area (Å²) in [5, 5.41) is 3.06. The van der Waals surface area contributed by atoms with Crippen LogP contribution in [0.15, 0.2) is 36.4 Å². The van der Waals surface area contributed by atoms with Crippen molar-refractivity contribution in [2.75, 3.05) is 6.54 Å². The minimum absolute atomic E-state index is 0.0503. The van der Waals surface area contributed by atoms with Crippen LogP contribution in [0.2, 0.25) is 0 Å². The fraction of sp³-hybridized carbons (Fsp3) is 0.400. The van der Waals surface area contributed by atoms with Gasteiger partial charge in [0.05, 0.1) is 0 Å². The van der Waals surface area contributed by atoms with E-state index in [1.807, 2.05) is 0 Å². The van der Waals surface area contributed by atoms with E-state index >= 15 is 4.39 Å². The molecule has 2 fully saturated rings. The zero-order valence-corrected chi connectivity index (χ0v) is 16.5. The molecule has 2 atom stereocenters. The number of halogens is 5. The predicted octanol–water partition coefficient (Wildman–Crippen LogP) is 3.58. The highest BCUT2D eigenvalue weighted by Gasteiger charge is 2.57. The van der Waals surface area contributed by atoms with Gasteiger partial charge in [0.2, 0.25) is 0 Å². The molecule has 2 aromatic rings. The summed E-state index contributed by atoms with van der Waals surface area (Å²) in [5.74, 6) is -5.70. The molecule has 30 heavy (non-hydrogen) atoms. The van der Waals surface area contributed by atoms with Crippen molar-refractivity contribution in [2.45, 2.75) is 37.1 Å². The molecule has 0 aromatic heterocycles. The maximum atomic E-state index is 15.1. The molecule has 4 rings (SSSR count). The van der Waals surface area contributed by atoms with Crippen molar-refractivity contribution in [3.8, 4) is 11.1 Å². The van der Waals surface area contributed by atoms with Crippen molar-refractivity contribution in [3.05, 3.63) is 59.4 Å². The normalized spacial score (nSPS) is 22.7. The van der Waals surface area contributed by atoms with Crippen molar-refractivity contribution in [2.24, 2.45) is 5.41 Å². The molecule has 4 nitrogen and oxygen atoms in total. The number of hydrogen-bond donors (Lipinski definition) is 2. The minimum atomic E-state index is -4.84. The molecule has 1 saturated carbocycles. The number of hydrogen-bond acceptors (Lipinski definition) is 3. The van der Waals surface area contributed by atoms with Crippen molar-refractivity contribution in [3.63, 3.8) is 0 Å². The maximum Gasteiger partial charge on any atom is 0.350 e. The largest absolute Gasteiger partial charge is 0.350 e. The molecule has 2 aliphatic rings. The smallest absolute Gasteiger partial charge is 0.311 e. The summed E-state index contributed by atoms with van der Waals surface area (Å²) in [6, 6.07) is 5.45. The lowest BCUT2D eigenvalue weighted by Crippen LogP contribution is -2.49. The molecule has 1 aliphatic heterocycles.